The molecular weight excluding hydrogens is 195 g/mol. The van der Waals surface area contributed by atoms with Gasteiger partial charge in [0.05, 0.1) is 6.33 Å². The number of hydrogen-bond donors (Lipinski definition) is 0. The van der Waals surface area contributed by atoms with Crippen molar-refractivity contribution in [3.8, 4) is 11.8 Å². The molecule has 1 heterocycles. The standard InChI is InChI=1S/C8H8Cl2N2/c1-2-3-4-5-12-6-11-7(9)8(12)10/h6H,4-5H2,1H3. The molecule has 1 rings (SSSR count). The predicted molar refractivity (Wildman–Crippen MR) is 50.3 cm³/mol. The minimum atomic E-state index is 0.348. The zero-order chi connectivity index (χ0) is 8.97. The quantitative estimate of drug-likeness (QED) is 0.675. The van der Waals surface area contributed by atoms with Gasteiger partial charge >= 0.3 is 0 Å². The van der Waals surface area contributed by atoms with Crippen LogP contribution >= 0.6 is 23.2 Å². The molecule has 0 N–H and O–H groups in total. The van der Waals surface area contributed by atoms with Gasteiger partial charge in [0.2, 0.25) is 0 Å². The molecule has 0 radical (unpaired) electrons. The highest BCUT2D eigenvalue weighted by atomic mass is 35.5. The van der Waals surface area contributed by atoms with Gasteiger partial charge in [-0.3, -0.25) is 0 Å². The summed E-state index contributed by atoms with van der Waals surface area (Å²) in [6, 6.07) is 0. The van der Waals surface area contributed by atoms with E-state index in [2.05, 4.69) is 16.8 Å². The van der Waals surface area contributed by atoms with E-state index in [4.69, 9.17) is 23.2 Å². The van der Waals surface area contributed by atoms with Crippen LogP contribution in [0, 0.1) is 11.8 Å². The van der Waals surface area contributed by atoms with E-state index in [1.807, 2.05) is 6.92 Å². The molecule has 64 valence electrons. The average molecular weight is 203 g/mol. The van der Waals surface area contributed by atoms with Crippen molar-refractivity contribution in [3.05, 3.63) is 16.6 Å². The van der Waals surface area contributed by atoms with Gasteiger partial charge < -0.3 is 4.57 Å². The summed E-state index contributed by atoms with van der Waals surface area (Å²) in [4.78, 5) is 3.84. The molecule has 0 spiro atoms. The zero-order valence-electron chi connectivity index (χ0n) is 6.64. The molecule has 2 nitrogen and oxygen atoms in total. The van der Waals surface area contributed by atoms with Crippen LogP contribution < -0.4 is 0 Å². The Kier molecular flexibility index (Phi) is 3.46. The van der Waals surface area contributed by atoms with Gasteiger partial charge in [0, 0.05) is 13.0 Å². The van der Waals surface area contributed by atoms with E-state index in [9.17, 15) is 0 Å². The largest absolute Gasteiger partial charge is 0.319 e. The van der Waals surface area contributed by atoms with Crippen molar-refractivity contribution in [1.29, 1.82) is 0 Å². The number of hydrogen-bond acceptors (Lipinski definition) is 1. The molecule has 0 saturated carbocycles. The highest BCUT2D eigenvalue weighted by molar-refractivity contribution is 6.40. The molecule has 0 aliphatic carbocycles. The smallest absolute Gasteiger partial charge is 0.166 e. The van der Waals surface area contributed by atoms with Crippen LogP contribution in [0.1, 0.15) is 13.3 Å². The van der Waals surface area contributed by atoms with Crippen LogP contribution in [-0.4, -0.2) is 9.55 Å². The summed E-state index contributed by atoms with van der Waals surface area (Å²) in [7, 11) is 0. The van der Waals surface area contributed by atoms with Crippen LogP contribution in [0.3, 0.4) is 0 Å². The Morgan fingerprint density at radius 1 is 1.58 bits per heavy atom. The fourth-order valence-electron chi connectivity index (χ4n) is 0.800. The van der Waals surface area contributed by atoms with Crippen LogP contribution in [-0.2, 0) is 6.54 Å². The number of imidazole rings is 1. The van der Waals surface area contributed by atoms with Crippen molar-refractivity contribution in [2.75, 3.05) is 0 Å². The molecule has 4 heteroatoms. The molecular formula is C8H8Cl2N2. The molecule has 0 amide bonds. The summed E-state index contributed by atoms with van der Waals surface area (Å²) < 4.78 is 1.77. The highest BCUT2D eigenvalue weighted by Crippen LogP contribution is 2.19. The monoisotopic (exact) mass is 202 g/mol. The maximum absolute atomic E-state index is 5.81. The third-order valence-corrected chi connectivity index (χ3v) is 2.16. The van der Waals surface area contributed by atoms with E-state index >= 15 is 0 Å². The van der Waals surface area contributed by atoms with Gasteiger partial charge in [-0.15, -0.1) is 11.8 Å². The second kappa shape index (κ2) is 4.39. The van der Waals surface area contributed by atoms with Crippen molar-refractivity contribution >= 4 is 23.2 Å². The summed E-state index contributed by atoms with van der Waals surface area (Å²) in [6.45, 7) is 2.54. The fourth-order valence-corrected chi connectivity index (χ4v) is 1.13. The summed E-state index contributed by atoms with van der Waals surface area (Å²) in [6.07, 6.45) is 2.38. The van der Waals surface area contributed by atoms with Crippen molar-refractivity contribution in [2.45, 2.75) is 19.9 Å². The Balaban J connectivity index is 2.61. The molecule has 0 saturated heterocycles. The number of aromatic nitrogens is 2. The molecule has 0 unspecified atom stereocenters. The van der Waals surface area contributed by atoms with E-state index in [0.717, 1.165) is 13.0 Å². The lowest BCUT2D eigenvalue weighted by atomic mass is 10.4. The maximum Gasteiger partial charge on any atom is 0.166 e. The van der Waals surface area contributed by atoms with E-state index in [1.165, 1.54) is 0 Å². The Labute approximate surface area is 81.5 Å². The molecule has 0 fully saturated rings. The second-order valence-electron chi connectivity index (χ2n) is 2.20. The lowest BCUT2D eigenvalue weighted by Crippen LogP contribution is -1.94. The molecule has 0 atom stereocenters. The average Bonchev–Trinajstić information content (AvgIpc) is 2.36. The SMILES string of the molecule is CC#CCCn1cnc(Cl)c1Cl. The number of rotatable bonds is 2. The number of halogens is 2. The third kappa shape index (κ3) is 2.17. The Bertz CT molecular complexity index is 320. The van der Waals surface area contributed by atoms with Crippen LogP contribution in [0.25, 0.3) is 0 Å². The van der Waals surface area contributed by atoms with Crippen LogP contribution in [0.15, 0.2) is 6.33 Å². The predicted octanol–water partition coefficient (Wildman–Crippen LogP) is 2.60. The van der Waals surface area contributed by atoms with Crippen LogP contribution in [0.2, 0.25) is 10.3 Å². The Morgan fingerprint density at radius 2 is 2.33 bits per heavy atom. The second-order valence-corrected chi connectivity index (χ2v) is 2.91. The summed E-state index contributed by atoms with van der Waals surface area (Å²) >= 11 is 11.5. The topological polar surface area (TPSA) is 17.8 Å². The zero-order valence-corrected chi connectivity index (χ0v) is 8.15. The van der Waals surface area contributed by atoms with Crippen LogP contribution in [0.5, 0.6) is 0 Å². The van der Waals surface area contributed by atoms with Gasteiger partial charge in [0.15, 0.2) is 5.15 Å². The van der Waals surface area contributed by atoms with Gasteiger partial charge in [-0.05, 0) is 6.92 Å². The Hall–Kier alpha value is -0.650. The minimum Gasteiger partial charge on any atom is -0.319 e. The lowest BCUT2D eigenvalue weighted by Gasteiger charge is -1.98. The van der Waals surface area contributed by atoms with Gasteiger partial charge in [-0.25, -0.2) is 4.98 Å². The number of nitrogens with zero attached hydrogens (tertiary/aromatic N) is 2. The minimum absolute atomic E-state index is 0.348. The van der Waals surface area contributed by atoms with Crippen molar-refractivity contribution in [2.24, 2.45) is 0 Å². The van der Waals surface area contributed by atoms with Crippen molar-refractivity contribution in [1.82, 2.24) is 9.55 Å². The molecule has 0 bridgehead atoms. The lowest BCUT2D eigenvalue weighted by molar-refractivity contribution is 0.719. The number of aryl methyl sites for hydroxylation is 1. The van der Waals surface area contributed by atoms with Gasteiger partial charge in [-0.2, -0.15) is 0 Å². The molecule has 12 heavy (non-hydrogen) atoms. The van der Waals surface area contributed by atoms with Gasteiger partial charge in [0.1, 0.15) is 5.15 Å². The highest BCUT2D eigenvalue weighted by Gasteiger charge is 2.03. The van der Waals surface area contributed by atoms with Crippen molar-refractivity contribution < 1.29 is 0 Å². The molecule has 0 aromatic carbocycles. The summed E-state index contributed by atoms with van der Waals surface area (Å²) in [5, 5.41) is 0.829. The molecule has 1 aromatic heterocycles. The first-order valence-corrected chi connectivity index (χ1v) is 4.27. The fraction of sp³-hybridized carbons (Fsp3) is 0.375. The molecule has 0 aliphatic heterocycles. The Morgan fingerprint density at radius 3 is 2.83 bits per heavy atom. The van der Waals surface area contributed by atoms with E-state index < -0.39 is 0 Å². The first-order chi connectivity index (χ1) is 5.75. The van der Waals surface area contributed by atoms with Crippen LogP contribution in [0.4, 0.5) is 0 Å². The first-order valence-electron chi connectivity index (χ1n) is 3.51. The summed E-state index contributed by atoms with van der Waals surface area (Å²) in [5.74, 6) is 5.74. The van der Waals surface area contributed by atoms with E-state index in [1.54, 1.807) is 10.9 Å². The van der Waals surface area contributed by atoms with Crippen molar-refractivity contribution in [3.63, 3.8) is 0 Å². The molecule has 1 aromatic rings. The van der Waals surface area contributed by atoms with Gasteiger partial charge in [-0.1, -0.05) is 23.2 Å². The molecule has 0 aliphatic rings. The van der Waals surface area contributed by atoms with E-state index in [-0.39, 0.29) is 0 Å². The first kappa shape index (κ1) is 9.44. The van der Waals surface area contributed by atoms with Gasteiger partial charge in [0.25, 0.3) is 0 Å². The van der Waals surface area contributed by atoms with E-state index in [0.29, 0.717) is 10.3 Å². The summed E-state index contributed by atoms with van der Waals surface area (Å²) in [5.41, 5.74) is 0. The normalized spacial score (nSPS) is 9.25. The maximum atomic E-state index is 5.81. The third-order valence-electron chi connectivity index (χ3n) is 1.39.